The van der Waals surface area contributed by atoms with E-state index in [2.05, 4.69) is 65.7 Å². The van der Waals surface area contributed by atoms with Crippen molar-refractivity contribution in [3.05, 3.63) is 63.2 Å². The van der Waals surface area contributed by atoms with Gasteiger partial charge in [0.05, 0.1) is 46.6 Å². The number of rotatable bonds is 3. The fourth-order valence-electron chi connectivity index (χ4n) is 5.53. The second kappa shape index (κ2) is 8.50. The Kier molecular flexibility index (Phi) is 5.45. The largest absolute Gasteiger partial charge is 0.477 e. The maximum absolute atomic E-state index is 13.3. The molecule has 34 heavy (non-hydrogen) atoms. The quantitative estimate of drug-likeness (QED) is 0.548. The van der Waals surface area contributed by atoms with Gasteiger partial charge in [-0.25, -0.2) is 4.79 Å². The number of esters is 1. The normalized spacial score (nSPS) is 19.7. The maximum atomic E-state index is 13.3. The van der Waals surface area contributed by atoms with Gasteiger partial charge in [-0.2, -0.15) is 0 Å². The molecule has 2 aromatic rings. The number of hydrogen-bond acceptors (Lipinski definition) is 6. The van der Waals surface area contributed by atoms with Crippen LogP contribution in [-0.4, -0.2) is 58.7 Å². The van der Waals surface area contributed by atoms with Crippen molar-refractivity contribution in [1.82, 2.24) is 19.3 Å². The summed E-state index contributed by atoms with van der Waals surface area (Å²) in [6.45, 7) is 6.75. The molecule has 0 saturated heterocycles. The molecule has 1 aromatic carbocycles. The monoisotopic (exact) mass is 524 g/mol. The lowest BCUT2D eigenvalue weighted by Crippen LogP contribution is -2.42. The molecule has 8 heteroatoms. The van der Waals surface area contributed by atoms with Crippen LogP contribution in [0.1, 0.15) is 41.4 Å². The van der Waals surface area contributed by atoms with Gasteiger partial charge >= 0.3 is 5.97 Å². The Morgan fingerprint density at radius 3 is 2.88 bits per heavy atom. The molecule has 178 valence electrons. The van der Waals surface area contributed by atoms with Gasteiger partial charge in [0.1, 0.15) is 12.5 Å². The minimum atomic E-state index is -0.248. The zero-order valence-electron chi connectivity index (χ0n) is 19.6. The number of nitrogens with zero attached hydrogens (tertiary/aromatic N) is 4. The molecular formula is C26H29BrN4O3. The standard InChI is InChI=1S/C26H29BrN4O3/c1-3-33-26(32)24-22-15-30-10-9-29(17-7-5-4-6-8-17)12-18(30)13-31(22)21-11-20(27)25-19(23(21)24)14-28(2)16-34-25/h5,7-8,11-12H,3-4,6,9-10,13-16H2,1-2H3. The molecule has 0 fully saturated rings. The number of hydrogen-bond donors (Lipinski definition) is 0. The molecule has 0 saturated carbocycles. The Morgan fingerprint density at radius 2 is 2.09 bits per heavy atom. The molecule has 1 aromatic heterocycles. The Bertz CT molecular complexity index is 1280. The number of carbonyl (C=O) groups excluding carboxylic acids is 1. The highest BCUT2D eigenvalue weighted by atomic mass is 79.9. The van der Waals surface area contributed by atoms with E-state index in [1.807, 2.05) is 14.0 Å². The van der Waals surface area contributed by atoms with Crippen molar-refractivity contribution in [2.24, 2.45) is 0 Å². The zero-order valence-corrected chi connectivity index (χ0v) is 21.2. The lowest BCUT2D eigenvalue weighted by molar-refractivity contribution is 0.0524. The highest BCUT2D eigenvalue weighted by Crippen LogP contribution is 2.44. The van der Waals surface area contributed by atoms with Crippen LogP contribution in [0.15, 0.2) is 46.4 Å². The number of ether oxygens (including phenoxy) is 2. The Hall–Kier alpha value is -2.71. The predicted octanol–water partition coefficient (Wildman–Crippen LogP) is 4.57. The van der Waals surface area contributed by atoms with Gasteiger partial charge in [0.15, 0.2) is 0 Å². The summed E-state index contributed by atoms with van der Waals surface area (Å²) in [5.41, 5.74) is 6.38. The second-order valence-corrected chi connectivity index (χ2v) is 10.2. The van der Waals surface area contributed by atoms with E-state index < -0.39 is 0 Å². The highest BCUT2D eigenvalue weighted by molar-refractivity contribution is 9.10. The third-order valence-electron chi connectivity index (χ3n) is 7.09. The van der Waals surface area contributed by atoms with Crippen molar-refractivity contribution in [2.45, 2.75) is 39.4 Å². The van der Waals surface area contributed by atoms with Gasteiger partial charge in [-0.15, -0.1) is 0 Å². The van der Waals surface area contributed by atoms with E-state index >= 15 is 0 Å². The molecule has 0 atom stereocenters. The van der Waals surface area contributed by atoms with Gasteiger partial charge in [0.2, 0.25) is 0 Å². The molecule has 0 spiro atoms. The molecule has 0 amide bonds. The summed E-state index contributed by atoms with van der Waals surface area (Å²) < 4.78 is 14.9. The predicted molar refractivity (Wildman–Crippen MR) is 134 cm³/mol. The van der Waals surface area contributed by atoms with E-state index in [9.17, 15) is 4.79 Å². The second-order valence-electron chi connectivity index (χ2n) is 9.32. The molecule has 7 nitrogen and oxygen atoms in total. The van der Waals surface area contributed by atoms with Crippen LogP contribution >= 0.6 is 15.9 Å². The van der Waals surface area contributed by atoms with Crippen LogP contribution in [0.25, 0.3) is 10.9 Å². The van der Waals surface area contributed by atoms with Crippen LogP contribution in [0.2, 0.25) is 0 Å². The first-order chi connectivity index (χ1) is 16.5. The van der Waals surface area contributed by atoms with Crippen molar-refractivity contribution in [3.8, 4) is 5.75 Å². The summed E-state index contributed by atoms with van der Waals surface area (Å²) in [7, 11) is 2.03. The van der Waals surface area contributed by atoms with Gasteiger partial charge in [0, 0.05) is 42.5 Å². The van der Waals surface area contributed by atoms with Crippen LogP contribution in [0.5, 0.6) is 5.75 Å². The number of halogens is 1. The minimum absolute atomic E-state index is 0.248. The summed E-state index contributed by atoms with van der Waals surface area (Å²) in [5.74, 6) is 0.584. The lowest BCUT2D eigenvalue weighted by Gasteiger charge is -2.40. The van der Waals surface area contributed by atoms with Gasteiger partial charge in [0.25, 0.3) is 0 Å². The number of carbonyl (C=O) groups is 1. The van der Waals surface area contributed by atoms with Crippen LogP contribution in [0.4, 0.5) is 0 Å². The molecule has 4 heterocycles. The fraction of sp³-hybridized carbons (Fsp3) is 0.423. The van der Waals surface area contributed by atoms with Crippen molar-refractivity contribution >= 4 is 32.8 Å². The summed E-state index contributed by atoms with van der Waals surface area (Å²) in [6.07, 6.45) is 11.3. The van der Waals surface area contributed by atoms with Crippen LogP contribution in [-0.2, 0) is 24.4 Å². The first kappa shape index (κ1) is 21.8. The lowest BCUT2D eigenvalue weighted by atomic mass is 10.0. The summed E-state index contributed by atoms with van der Waals surface area (Å²) in [5, 5.41) is 0.966. The molecule has 6 rings (SSSR count). The summed E-state index contributed by atoms with van der Waals surface area (Å²) in [4.78, 5) is 20.2. The number of benzene rings is 1. The van der Waals surface area contributed by atoms with E-state index in [0.29, 0.717) is 25.4 Å². The van der Waals surface area contributed by atoms with Crippen molar-refractivity contribution < 1.29 is 14.3 Å². The van der Waals surface area contributed by atoms with Crippen molar-refractivity contribution in [2.75, 3.05) is 33.5 Å². The van der Waals surface area contributed by atoms with Crippen LogP contribution in [0, 0.1) is 0 Å². The minimum Gasteiger partial charge on any atom is -0.477 e. The van der Waals surface area contributed by atoms with E-state index in [4.69, 9.17) is 9.47 Å². The Morgan fingerprint density at radius 1 is 1.21 bits per heavy atom. The first-order valence-electron chi connectivity index (χ1n) is 12.0. The van der Waals surface area contributed by atoms with E-state index in [1.54, 1.807) is 0 Å². The maximum Gasteiger partial charge on any atom is 0.340 e. The molecule has 0 unspecified atom stereocenters. The van der Waals surface area contributed by atoms with Gasteiger partial charge in [-0.3, -0.25) is 4.90 Å². The topological polar surface area (TPSA) is 50.2 Å². The van der Waals surface area contributed by atoms with Crippen molar-refractivity contribution in [1.29, 1.82) is 0 Å². The number of allylic oxidation sites excluding steroid dienone is 4. The van der Waals surface area contributed by atoms with Crippen LogP contribution in [0.3, 0.4) is 0 Å². The molecule has 3 aliphatic heterocycles. The molecule has 4 aliphatic rings. The fourth-order valence-corrected chi connectivity index (χ4v) is 6.10. The zero-order chi connectivity index (χ0) is 23.4. The average molecular weight is 525 g/mol. The van der Waals surface area contributed by atoms with E-state index in [0.717, 1.165) is 71.4 Å². The summed E-state index contributed by atoms with van der Waals surface area (Å²) >= 11 is 3.74. The molecule has 1 aliphatic carbocycles. The average Bonchev–Trinajstić information content (AvgIpc) is 3.16. The van der Waals surface area contributed by atoms with E-state index in [1.165, 1.54) is 11.4 Å². The third-order valence-corrected chi connectivity index (χ3v) is 7.68. The van der Waals surface area contributed by atoms with Crippen LogP contribution < -0.4 is 4.74 Å². The number of fused-ring (bicyclic) bond motifs is 6. The smallest absolute Gasteiger partial charge is 0.340 e. The Labute approximate surface area is 208 Å². The van der Waals surface area contributed by atoms with E-state index in [-0.39, 0.29) is 5.97 Å². The number of aromatic nitrogens is 1. The first-order valence-corrected chi connectivity index (χ1v) is 12.8. The Balaban J connectivity index is 1.51. The summed E-state index contributed by atoms with van der Waals surface area (Å²) in [6, 6.07) is 2.11. The SMILES string of the molecule is CCOC(=O)c1c2n(c3cc(Br)c4c(c13)CN(C)CO4)CC1=CN(C3=CCCC=C3)CCN1C2. The van der Waals surface area contributed by atoms with Gasteiger partial charge in [-0.05, 0) is 54.9 Å². The third kappa shape index (κ3) is 3.46. The highest BCUT2D eigenvalue weighted by Gasteiger charge is 2.35. The van der Waals surface area contributed by atoms with Crippen molar-refractivity contribution in [3.63, 3.8) is 0 Å². The molecular weight excluding hydrogens is 496 g/mol. The van der Waals surface area contributed by atoms with Gasteiger partial charge in [-0.1, -0.05) is 12.2 Å². The van der Waals surface area contributed by atoms with Gasteiger partial charge < -0.3 is 23.8 Å². The molecule has 0 bridgehead atoms. The molecule has 0 radical (unpaired) electrons. The molecule has 0 N–H and O–H groups in total.